The summed E-state index contributed by atoms with van der Waals surface area (Å²) in [6, 6.07) is 3.09. The maximum absolute atomic E-state index is 14.9. The molecule has 7 nitrogen and oxygen atoms in total. The number of primary amides is 1. The summed E-state index contributed by atoms with van der Waals surface area (Å²) in [4.78, 5) is 29.8. The zero-order chi connectivity index (χ0) is 21.4. The molecule has 6 rings (SSSR count). The van der Waals surface area contributed by atoms with Gasteiger partial charge in [-0.25, -0.2) is 9.37 Å². The molecule has 154 valence electrons. The van der Waals surface area contributed by atoms with Gasteiger partial charge in [0.2, 0.25) is 5.60 Å². The van der Waals surface area contributed by atoms with Crippen molar-refractivity contribution in [3.8, 4) is 23.1 Å². The molecule has 30 heavy (non-hydrogen) atoms. The van der Waals surface area contributed by atoms with E-state index in [1.165, 1.54) is 11.0 Å². The number of halogens is 1. The van der Waals surface area contributed by atoms with Gasteiger partial charge in [-0.05, 0) is 36.5 Å². The number of likely N-dealkylation sites (tertiary alicyclic amines) is 1. The summed E-state index contributed by atoms with van der Waals surface area (Å²) >= 11 is 0. The second-order valence-corrected chi connectivity index (χ2v) is 8.46. The van der Waals surface area contributed by atoms with Crippen molar-refractivity contribution in [2.45, 2.75) is 36.7 Å². The molecular weight excluding hydrogens is 387 g/mol. The van der Waals surface area contributed by atoms with Crippen LogP contribution in [0.25, 0.3) is 11.3 Å². The van der Waals surface area contributed by atoms with Gasteiger partial charge in [-0.15, -0.1) is 0 Å². The van der Waals surface area contributed by atoms with Gasteiger partial charge in [0.15, 0.2) is 5.82 Å². The van der Waals surface area contributed by atoms with E-state index in [9.17, 15) is 19.1 Å². The zero-order valence-electron chi connectivity index (χ0n) is 16.7. The van der Waals surface area contributed by atoms with E-state index < -0.39 is 23.2 Å². The first-order valence-corrected chi connectivity index (χ1v) is 9.91. The van der Waals surface area contributed by atoms with Crippen molar-refractivity contribution in [1.29, 1.82) is 0 Å². The molecule has 1 saturated heterocycles. The first-order chi connectivity index (χ1) is 14.2. The van der Waals surface area contributed by atoms with Gasteiger partial charge in [0.05, 0.1) is 11.3 Å². The molecule has 1 saturated carbocycles. The summed E-state index contributed by atoms with van der Waals surface area (Å²) in [5.41, 5.74) is 6.90. The van der Waals surface area contributed by atoms with E-state index in [-0.39, 0.29) is 29.6 Å². The Kier molecular flexibility index (Phi) is 3.86. The van der Waals surface area contributed by atoms with Gasteiger partial charge in [0.1, 0.15) is 5.82 Å². The van der Waals surface area contributed by atoms with Crippen LogP contribution >= 0.6 is 0 Å². The summed E-state index contributed by atoms with van der Waals surface area (Å²) in [6.45, 7) is 0.396. The first kappa shape index (κ1) is 18.8. The van der Waals surface area contributed by atoms with Crippen molar-refractivity contribution in [2.24, 2.45) is 12.8 Å². The summed E-state index contributed by atoms with van der Waals surface area (Å²) in [5, 5.41) is 10.5. The number of hydrogen-bond donors (Lipinski definition) is 2. The van der Waals surface area contributed by atoms with E-state index in [0.29, 0.717) is 12.2 Å². The van der Waals surface area contributed by atoms with E-state index >= 15 is 0 Å². The van der Waals surface area contributed by atoms with Crippen molar-refractivity contribution < 1.29 is 19.1 Å². The zero-order valence-corrected chi connectivity index (χ0v) is 16.7. The molecule has 0 spiro atoms. The Labute approximate surface area is 172 Å². The number of aromatic nitrogens is 2. The Bertz CT molecular complexity index is 1190. The SMILES string of the molecule is CN1CC[C@](O)(C#Cc2cc3c(cc2F)C2CC(C2)c2c-3nc(C(N)=O)n2C)C1=O. The molecule has 0 radical (unpaired) electrons. The van der Waals surface area contributed by atoms with E-state index in [4.69, 9.17) is 5.73 Å². The molecule has 3 aliphatic carbocycles. The van der Waals surface area contributed by atoms with Gasteiger partial charge in [-0.3, -0.25) is 9.59 Å². The van der Waals surface area contributed by atoms with Crippen LogP contribution in [-0.2, 0) is 11.8 Å². The number of nitrogens with zero attached hydrogens (tertiary/aromatic N) is 3. The average Bonchev–Trinajstić information content (AvgIpc) is 3.03. The number of rotatable bonds is 1. The van der Waals surface area contributed by atoms with Crippen LogP contribution in [-0.4, -0.2) is 50.6 Å². The third-order valence-electron chi connectivity index (χ3n) is 6.63. The predicted molar refractivity (Wildman–Crippen MR) is 106 cm³/mol. The van der Waals surface area contributed by atoms with E-state index in [2.05, 4.69) is 16.8 Å². The molecule has 1 aromatic carbocycles. The Morgan fingerprint density at radius 1 is 1.33 bits per heavy atom. The molecule has 4 aliphatic rings. The van der Waals surface area contributed by atoms with Gasteiger partial charge in [0, 0.05) is 44.2 Å². The van der Waals surface area contributed by atoms with Crippen LogP contribution in [0.2, 0.25) is 0 Å². The highest BCUT2D eigenvalue weighted by Gasteiger charge is 2.43. The molecule has 2 aromatic rings. The summed E-state index contributed by atoms with van der Waals surface area (Å²) in [7, 11) is 3.36. The number of amides is 2. The van der Waals surface area contributed by atoms with Crippen molar-refractivity contribution in [3.63, 3.8) is 0 Å². The van der Waals surface area contributed by atoms with E-state index in [0.717, 1.165) is 29.7 Å². The van der Waals surface area contributed by atoms with E-state index in [1.807, 2.05) is 0 Å². The van der Waals surface area contributed by atoms with Crippen molar-refractivity contribution in [3.05, 3.63) is 40.6 Å². The quantitative estimate of drug-likeness (QED) is 0.694. The third kappa shape index (κ3) is 2.52. The normalized spacial score (nSPS) is 26.3. The molecule has 1 aliphatic heterocycles. The standard InChI is InChI=1S/C22H21FN4O3/c1-26-6-5-22(30,21(26)29)4-3-11-9-15-14(10-16(11)23)12-7-13(8-12)18-17(15)25-20(19(24)28)27(18)2/h9-10,12-13,30H,5-8H2,1-2H3,(H2,24,28)/t12?,13?,22-/m1/s1. The minimum Gasteiger partial charge on any atom is -0.369 e. The van der Waals surface area contributed by atoms with Crippen LogP contribution in [0.15, 0.2) is 12.1 Å². The number of imidazole rings is 1. The lowest BCUT2D eigenvalue weighted by Crippen LogP contribution is -2.37. The molecule has 3 N–H and O–H groups in total. The molecular formula is C22H21FN4O3. The molecule has 8 heteroatoms. The minimum absolute atomic E-state index is 0.0841. The molecule has 0 unspecified atom stereocenters. The largest absolute Gasteiger partial charge is 0.369 e. The predicted octanol–water partition coefficient (Wildman–Crippen LogP) is 1.24. The van der Waals surface area contributed by atoms with Gasteiger partial charge in [0.25, 0.3) is 11.8 Å². The lowest BCUT2D eigenvalue weighted by molar-refractivity contribution is -0.137. The van der Waals surface area contributed by atoms with Crippen molar-refractivity contribution >= 4 is 11.8 Å². The van der Waals surface area contributed by atoms with Crippen LogP contribution in [0.1, 0.15) is 58.5 Å². The molecule has 2 heterocycles. The van der Waals surface area contributed by atoms with Crippen LogP contribution in [0.3, 0.4) is 0 Å². The van der Waals surface area contributed by atoms with Gasteiger partial charge < -0.3 is 20.3 Å². The highest BCUT2D eigenvalue weighted by Crippen LogP contribution is 2.55. The number of nitrogens with two attached hydrogens (primary N) is 1. The average molecular weight is 408 g/mol. The van der Waals surface area contributed by atoms with Crippen molar-refractivity contribution in [1.82, 2.24) is 14.5 Å². The van der Waals surface area contributed by atoms with Crippen LogP contribution in [0.5, 0.6) is 0 Å². The fourth-order valence-electron chi connectivity index (χ4n) is 4.86. The number of likely N-dealkylation sites (N-methyl/N-ethyl adjacent to an activating group) is 1. The van der Waals surface area contributed by atoms with Gasteiger partial charge in [-0.1, -0.05) is 11.8 Å². The van der Waals surface area contributed by atoms with Crippen molar-refractivity contribution in [2.75, 3.05) is 13.6 Å². The Morgan fingerprint density at radius 2 is 2.07 bits per heavy atom. The van der Waals surface area contributed by atoms with Gasteiger partial charge >= 0.3 is 0 Å². The first-order valence-electron chi connectivity index (χ1n) is 9.91. The maximum Gasteiger partial charge on any atom is 0.284 e. The maximum atomic E-state index is 14.9. The molecule has 1 aromatic heterocycles. The van der Waals surface area contributed by atoms with Gasteiger partial charge in [-0.2, -0.15) is 0 Å². The molecule has 2 fully saturated rings. The second kappa shape index (κ2) is 6.16. The summed E-state index contributed by atoms with van der Waals surface area (Å²) < 4.78 is 16.6. The lowest BCUT2D eigenvalue weighted by atomic mass is 9.71. The molecule has 2 amide bonds. The van der Waals surface area contributed by atoms with Crippen LogP contribution < -0.4 is 5.73 Å². The summed E-state index contributed by atoms with van der Waals surface area (Å²) in [5.74, 6) is 4.29. The number of carbonyl (C=O) groups excluding carboxylic acids is 2. The molecule has 2 bridgehead atoms. The topological polar surface area (TPSA) is 101 Å². The minimum atomic E-state index is -1.80. The monoisotopic (exact) mass is 408 g/mol. The van der Waals surface area contributed by atoms with Crippen LogP contribution in [0.4, 0.5) is 4.39 Å². The lowest BCUT2D eigenvalue weighted by Gasteiger charge is -2.34. The fourth-order valence-corrected chi connectivity index (χ4v) is 4.86. The highest BCUT2D eigenvalue weighted by atomic mass is 19.1. The summed E-state index contributed by atoms with van der Waals surface area (Å²) in [6.07, 6.45) is 1.91. The smallest absolute Gasteiger partial charge is 0.284 e. The number of carbonyl (C=O) groups is 2. The highest BCUT2D eigenvalue weighted by molar-refractivity contribution is 5.91. The Balaban J connectivity index is 1.65. The third-order valence-corrected chi connectivity index (χ3v) is 6.63. The fraction of sp³-hybridized carbons (Fsp3) is 0.409. The Morgan fingerprint density at radius 3 is 2.70 bits per heavy atom. The number of benzene rings is 1. The van der Waals surface area contributed by atoms with E-state index in [1.54, 1.807) is 24.7 Å². The number of aliphatic hydroxyl groups is 1. The van der Waals surface area contributed by atoms with Crippen LogP contribution in [0, 0.1) is 17.7 Å². The number of hydrogen-bond acceptors (Lipinski definition) is 4. The Hall–Kier alpha value is -3.18. The molecule has 1 atom stereocenters. The second-order valence-electron chi connectivity index (χ2n) is 8.46.